The molecule has 0 unspecified atom stereocenters. The Labute approximate surface area is 160 Å². The van der Waals surface area contributed by atoms with Gasteiger partial charge in [-0.15, -0.1) is 0 Å². The summed E-state index contributed by atoms with van der Waals surface area (Å²) in [7, 11) is 0. The smallest absolute Gasteiger partial charge is 0.266 e. The summed E-state index contributed by atoms with van der Waals surface area (Å²) in [5.41, 5.74) is 2.25. The molecule has 7 heteroatoms. The van der Waals surface area contributed by atoms with Crippen molar-refractivity contribution in [3.63, 3.8) is 0 Å². The number of halogens is 2. The summed E-state index contributed by atoms with van der Waals surface area (Å²) in [4.78, 5) is 30.2. The fourth-order valence-electron chi connectivity index (χ4n) is 2.47. The number of benzene rings is 2. The van der Waals surface area contributed by atoms with Crippen molar-refractivity contribution in [1.29, 1.82) is 0 Å². The average molecular weight is 388 g/mol. The number of aromatic amines is 1. The van der Waals surface area contributed by atoms with Crippen LogP contribution < -0.4 is 10.9 Å². The molecule has 0 radical (unpaired) electrons. The minimum absolute atomic E-state index is 0.284. The molecule has 3 aromatic rings. The first-order valence-corrected chi connectivity index (χ1v) is 8.66. The molecule has 3 rings (SSSR count). The monoisotopic (exact) mass is 387 g/mol. The molecule has 2 aromatic carbocycles. The van der Waals surface area contributed by atoms with E-state index in [0.717, 1.165) is 5.56 Å². The highest BCUT2D eigenvalue weighted by Gasteiger charge is 2.12. The van der Waals surface area contributed by atoms with Gasteiger partial charge in [0.2, 0.25) is 0 Å². The number of carbonyl (C=O) groups is 1. The molecule has 0 spiro atoms. The Kier molecular flexibility index (Phi) is 5.71. The summed E-state index contributed by atoms with van der Waals surface area (Å²) in [5.74, 6) is -0.284. The maximum absolute atomic E-state index is 12.5. The van der Waals surface area contributed by atoms with E-state index in [0.29, 0.717) is 39.8 Å². The van der Waals surface area contributed by atoms with E-state index in [4.69, 9.17) is 23.2 Å². The van der Waals surface area contributed by atoms with E-state index in [-0.39, 0.29) is 11.5 Å². The quantitative estimate of drug-likeness (QED) is 0.700. The molecular weight excluding hydrogens is 373 g/mol. The lowest BCUT2D eigenvalue weighted by molar-refractivity contribution is 0.0954. The molecule has 2 N–H and O–H groups in total. The highest BCUT2D eigenvalue weighted by molar-refractivity contribution is 6.34. The van der Waals surface area contributed by atoms with Gasteiger partial charge in [0.25, 0.3) is 11.5 Å². The lowest BCUT2D eigenvalue weighted by Crippen LogP contribution is -2.26. The van der Waals surface area contributed by atoms with Gasteiger partial charge in [0.15, 0.2) is 0 Å². The largest absolute Gasteiger partial charge is 0.352 e. The molecule has 0 aliphatic carbocycles. The fourth-order valence-corrected chi connectivity index (χ4v) is 2.90. The molecule has 1 amide bonds. The third kappa shape index (κ3) is 4.31. The van der Waals surface area contributed by atoms with Crippen LogP contribution in [0.1, 0.15) is 15.9 Å². The Morgan fingerprint density at radius 1 is 1.12 bits per heavy atom. The highest BCUT2D eigenvalue weighted by Crippen LogP contribution is 2.23. The van der Waals surface area contributed by atoms with Crippen molar-refractivity contribution in [2.24, 2.45) is 0 Å². The number of aromatic nitrogens is 2. The maximum atomic E-state index is 12.5. The third-order valence-corrected chi connectivity index (χ3v) is 4.51. The Morgan fingerprint density at radius 2 is 1.92 bits per heavy atom. The van der Waals surface area contributed by atoms with Crippen LogP contribution in [0.3, 0.4) is 0 Å². The van der Waals surface area contributed by atoms with Crippen LogP contribution in [0.4, 0.5) is 0 Å². The van der Waals surface area contributed by atoms with E-state index in [2.05, 4.69) is 15.3 Å². The fraction of sp³-hybridized carbons (Fsp3) is 0.105. The number of H-pyrrole nitrogens is 1. The molecule has 5 nitrogen and oxygen atoms in total. The molecule has 1 aromatic heterocycles. The molecule has 0 bridgehead atoms. The second-order valence-corrected chi connectivity index (χ2v) is 6.40. The van der Waals surface area contributed by atoms with Crippen molar-refractivity contribution in [3.8, 4) is 11.3 Å². The number of nitrogens with zero attached hydrogens (tertiary/aromatic N) is 1. The van der Waals surface area contributed by atoms with Crippen LogP contribution in [0, 0.1) is 0 Å². The van der Waals surface area contributed by atoms with Crippen molar-refractivity contribution in [1.82, 2.24) is 15.3 Å². The number of carbonyl (C=O) groups excluding carboxylic acids is 1. The minimum Gasteiger partial charge on any atom is -0.352 e. The van der Waals surface area contributed by atoms with Crippen LogP contribution in [0.5, 0.6) is 0 Å². The standard InChI is InChI=1S/C19H15Cl2N3O2/c20-15-4-2-1-3-12(15)7-8-22-19(26)14-9-13(5-6-16(14)21)17-10-24-18(25)11-23-17/h1-6,9-11H,7-8H2,(H,22,26)(H,24,25). The number of rotatable bonds is 5. The SMILES string of the molecule is O=C(NCCc1ccccc1Cl)c1cc(-c2c[nH]c(=O)cn2)ccc1Cl. The van der Waals surface area contributed by atoms with Crippen molar-refractivity contribution in [2.75, 3.05) is 6.54 Å². The van der Waals surface area contributed by atoms with E-state index < -0.39 is 0 Å². The maximum Gasteiger partial charge on any atom is 0.266 e. The normalized spacial score (nSPS) is 10.5. The first-order valence-electron chi connectivity index (χ1n) is 7.91. The number of nitrogens with one attached hydrogen (secondary N) is 2. The van der Waals surface area contributed by atoms with Gasteiger partial charge in [-0.2, -0.15) is 0 Å². The van der Waals surface area contributed by atoms with Crippen LogP contribution in [0.25, 0.3) is 11.3 Å². The summed E-state index contributed by atoms with van der Waals surface area (Å²) >= 11 is 12.3. The van der Waals surface area contributed by atoms with Crippen LogP contribution in [-0.4, -0.2) is 22.4 Å². The molecule has 26 heavy (non-hydrogen) atoms. The van der Waals surface area contributed by atoms with E-state index >= 15 is 0 Å². The van der Waals surface area contributed by atoms with Crippen LogP contribution in [-0.2, 0) is 6.42 Å². The topological polar surface area (TPSA) is 74.8 Å². The summed E-state index contributed by atoms with van der Waals surface area (Å²) in [6.45, 7) is 0.431. The number of hydrogen-bond donors (Lipinski definition) is 2. The third-order valence-electron chi connectivity index (χ3n) is 3.82. The van der Waals surface area contributed by atoms with Gasteiger partial charge in [0, 0.05) is 23.3 Å². The summed E-state index contributed by atoms with van der Waals surface area (Å²) < 4.78 is 0. The minimum atomic E-state index is -0.291. The van der Waals surface area contributed by atoms with Gasteiger partial charge in [0.1, 0.15) is 0 Å². The van der Waals surface area contributed by atoms with Gasteiger partial charge >= 0.3 is 0 Å². The van der Waals surface area contributed by atoms with Crippen molar-refractivity contribution in [2.45, 2.75) is 6.42 Å². The van der Waals surface area contributed by atoms with E-state index in [1.165, 1.54) is 12.4 Å². The van der Waals surface area contributed by atoms with Gasteiger partial charge in [-0.3, -0.25) is 9.59 Å². The number of amides is 1. The van der Waals surface area contributed by atoms with Gasteiger partial charge in [0.05, 0.1) is 22.5 Å². The van der Waals surface area contributed by atoms with Gasteiger partial charge in [-0.05, 0) is 30.2 Å². The zero-order valence-electron chi connectivity index (χ0n) is 13.6. The van der Waals surface area contributed by atoms with Crippen LogP contribution in [0.15, 0.2) is 59.7 Å². The summed E-state index contributed by atoms with van der Waals surface area (Å²) in [5, 5.41) is 3.86. The van der Waals surface area contributed by atoms with E-state index in [1.54, 1.807) is 18.2 Å². The lowest BCUT2D eigenvalue weighted by Gasteiger charge is -2.09. The Balaban J connectivity index is 1.72. The summed E-state index contributed by atoms with van der Waals surface area (Å²) in [6, 6.07) is 12.5. The van der Waals surface area contributed by atoms with E-state index in [9.17, 15) is 9.59 Å². The zero-order chi connectivity index (χ0) is 18.5. The Bertz CT molecular complexity index is 982. The van der Waals surface area contributed by atoms with E-state index in [1.807, 2.05) is 24.3 Å². The lowest BCUT2D eigenvalue weighted by atomic mass is 10.1. The molecule has 1 heterocycles. The van der Waals surface area contributed by atoms with Crippen LogP contribution >= 0.6 is 23.2 Å². The Hall–Kier alpha value is -2.63. The van der Waals surface area contributed by atoms with Crippen molar-refractivity contribution >= 4 is 29.1 Å². The number of hydrogen-bond acceptors (Lipinski definition) is 3. The predicted octanol–water partition coefficient (Wildman–Crippen LogP) is 3.72. The van der Waals surface area contributed by atoms with Gasteiger partial charge < -0.3 is 10.3 Å². The first kappa shape index (κ1) is 18.2. The van der Waals surface area contributed by atoms with Gasteiger partial charge in [-0.25, -0.2) is 4.98 Å². The molecule has 0 fully saturated rings. The predicted molar refractivity (Wildman–Crippen MR) is 103 cm³/mol. The highest BCUT2D eigenvalue weighted by atomic mass is 35.5. The molecule has 0 aliphatic rings. The first-order chi connectivity index (χ1) is 12.5. The average Bonchev–Trinajstić information content (AvgIpc) is 2.64. The summed E-state index contributed by atoms with van der Waals surface area (Å²) in [6.07, 6.45) is 3.29. The van der Waals surface area contributed by atoms with Crippen LogP contribution in [0.2, 0.25) is 10.0 Å². The molecule has 0 saturated carbocycles. The second kappa shape index (κ2) is 8.17. The van der Waals surface area contributed by atoms with Crippen molar-refractivity contribution in [3.05, 3.63) is 86.4 Å². The molecule has 0 aliphatic heterocycles. The zero-order valence-corrected chi connectivity index (χ0v) is 15.1. The molecule has 0 atom stereocenters. The van der Waals surface area contributed by atoms with Gasteiger partial charge in [-0.1, -0.05) is 47.5 Å². The molecular formula is C19H15Cl2N3O2. The second-order valence-electron chi connectivity index (χ2n) is 5.59. The molecule has 132 valence electrons. The Morgan fingerprint density at radius 3 is 2.65 bits per heavy atom. The van der Waals surface area contributed by atoms with Crippen molar-refractivity contribution < 1.29 is 4.79 Å². The molecule has 0 saturated heterocycles.